The lowest BCUT2D eigenvalue weighted by molar-refractivity contribution is -0.121. The standard InChI is InChI=1S/C18H20FN3O2S/c19-13-7-5-12(6-8-13)18-22-15(11-25-18)17(24)20-10-9-16(23)21-14-3-1-2-4-14/h5-8,11,14H,1-4,9-10H2,(H,20,24)(H,21,23). The summed E-state index contributed by atoms with van der Waals surface area (Å²) in [6.07, 6.45) is 4.69. The van der Waals surface area contributed by atoms with Crippen molar-refractivity contribution in [3.05, 3.63) is 41.2 Å². The van der Waals surface area contributed by atoms with Crippen molar-refractivity contribution in [2.45, 2.75) is 38.1 Å². The third-order valence-electron chi connectivity index (χ3n) is 4.19. The van der Waals surface area contributed by atoms with E-state index in [2.05, 4.69) is 15.6 Å². The first kappa shape index (κ1) is 17.5. The Bertz CT molecular complexity index is 739. The summed E-state index contributed by atoms with van der Waals surface area (Å²) in [4.78, 5) is 28.2. The second-order valence-corrected chi connectivity index (χ2v) is 6.96. The first-order valence-corrected chi connectivity index (χ1v) is 9.29. The number of aromatic nitrogens is 1. The van der Waals surface area contributed by atoms with Gasteiger partial charge in [0.15, 0.2) is 0 Å². The number of nitrogens with zero attached hydrogens (tertiary/aromatic N) is 1. The molecule has 1 aliphatic carbocycles. The minimum atomic E-state index is -0.311. The van der Waals surface area contributed by atoms with Crippen LogP contribution in [0.3, 0.4) is 0 Å². The summed E-state index contributed by atoms with van der Waals surface area (Å²) in [5, 5.41) is 8.02. The summed E-state index contributed by atoms with van der Waals surface area (Å²) in [7, 11) is 0. The molecule has 3 rings (SSSR count). The zero-order valence-corrected chi connectivity index (χ0v) is 14.6. The Balaban J connectivity index is 1.47. The van der Waals surface area contributed by atoms with Crippen LogP contribution in [0.2, 0.25) is 0 Å². The molecule has 1 aromatic heterocycles. The maximum Gasteiger partial charge on any atom is 0.270 e. The fraction of sp³-hybridized carbons (Fsp3) is 0.389. The van der Waals surface area contributed by atoms with Gasteiger partial charge in [-0.3, -0.25) is 9.59 Å². The van der Waals surface area contributed by atoms with Gasteiger partial charge in [0.05, 0.1) is 0 Å². The highest BCUT2D eigenvalue weighted by Crippen LogP contribution is 2.23. The lowest BCUT2D eigenvalue weighted by Crippen LogP contribution is -2.35. The number of halogens is 1. The predicted octanol–water partition coefficient (Wildman–Crippen LogP) is 3.13. The van der Waals surface area contributed by atoms with E-state index in [0.717, 1.165) is 18.4 Å². The summed E-state index contributed by atoms with van der Waals surface area (Å²) in [6, 6.07) is 6.27. The maximum absolute atomic E-state index is 13.0. The molecule has 2 N–H and O–H groups in total. The molecule has 7 heteroatoms. The number of benzene rings is 1. The van der Waals surface area contributed by atoms with Crippen LogP contribution in [0.4, 0.5) is 4.39 Å². The van der Waals surface area contributed by atoms with Gasteiger partial charge in [0, 0.05) is 30.0 Å². The van der Waals surface area contributed by atoms with Gasteiger partial charge in [-0.15, -0.1) is 11.3 Å². The molecule has 1 saturated carbocycles. The van der Waals surface area contributed by atoms with E-state index in [0.29, 0.717) is 16.7 Å². The number of hydrogen-bond donors (Lipinski definition) is 2. The van der Waals surface area contributed by atoms with Crippen LogP contribution in [0.5, 0.6) is 0 Å². The summed E-state index contributed by atoms with van der Waals surface area (Å²) >= 11 is 1.32. The molecule has 0 atom stereocenters. The van der Waals surface area contributed by atoms with Gasteiger partial charge in [0.25, 0.3) is 5.91 Å². The number of thiazole rings is 1. The second-order valence-electron chi connectivity index (χ2n) is 6.10. The van der Waals surface area contributed by atoms with E-state index in [4.69, 9.17) is 0 Å². The van der Waals surface area contributed by atoms with Crippen LogP contribution < -0.4 is 10.6 Å². The van der Waals surface area contributed by atoms with Gasteiger partial charge in [-0.2, -0.15) is 0 Å². The molecule has 0 radical (unpaired) electrons. The van der Waals surface area contributed by atoms with E-state index in [1.165, 1.54) is 36.3 Å². The molecule has 2 amide bonds. The summed E-state index contributed by atoms with van der Waals surface area (Å²) in [5.41, 5.74) is 1.07. The first-order valence-electron chi connectivity index (χ1n) is 8.41. The topological polar surface area (TPSA) is 71.1 Å². The molecule has 1 aliphatic rings. The van der Waals surface area contributed by atoms with Gasteiger partial charge in [-0.1, -0.05) is 12.8 Å². The van der Waals surface area contributed by atoms with Crippen molar-refractivity contribution >= 4 is 23.2 Å². The van der Waals surface area contributed by atoms with E-state index in [-0.39, 0.29) is 30.6 Å². The Labute approximate surface area is 149 Å². The van der Waals surface area contributed by atoms with Crippen LogP contribution in [0.15, 0.2) is 29.6 Å². The van der Waals surface area contributed by atoms with Gasteiger partial charge < -0.3 is 10.6 Å². The number of carbonyl (C=O) groups is 2. The van der Waals surface area contributed by atoms with Crippen LogP contribution in [0.25, 0.3) is 10.6 Å². The normalized spacial score (nSPS) is 14.4. The largest absolute Gasteiger partial charge is 0.353 e. The molecule has 0 saturated heterocycles. The molecule has 1 fully saturated rings. The van der Waals surface area contributed by atoms with Crippen LogP contribution in [-0.4, -0.2) is 29.4 Å². The smallest absolute Gasteiger partial charge is 0.270 e. The molecule has 0 bridgehead atoms. The average molecular weight is 361 g/mol. The molecule has 132 valence electrons. The third-order valence-corrected chi connectivity index (χ3v) is 5.08. The Morgan fingerprint density at radius 2 is 1.92 bits per heavy atom. The molecule has 5 nitrogen and oxygen atoms in total. The van der Waals surface area contributed by atoms with Gasteiger partial charge in [-0.25, -0.2) is 9.37 Å². The van der Waals surface area contributed by atoms with Crippen molar-refractivity contribution in [3.8, 4) is 10.6 Å². The van der Waals surface area contributed by atoms with Crippen LogP contribution in [0.1, 0.15) is 42.6 Å². The first-order chi connectivity index (χ1) is 12.1. The van der Waals surface area contributed by atoms with Gasteiger partial charge in [0.2, 0.25) is 5.91 Å². The molecule has 25 heavy (non-hydrogen) atoms. The van der Waals surface area contributed by atoms with Crippen molar-refractivity contribution in [3.63, 3.8) is 0 Å². The number of rotatable bonds is 6. The van der Waals surface area contributed by atoms with E-state index < -0.39 is 0 Å². The number of nitrogens with one attached hydrogen (secondary N) is 2. The van der Waals surface area contributed by atoms with Crippen LogP contribution in [-0.2, 0) is 4.79 Å². The highest BCUT2D eigenvalue weighted by molar-refractivity contribution is 7.13. The number of carbonyl (C=O) groups excluding carboxylic acids is 2. The second kappa shape index (κ2) is 8.20. The van der Waals surface area contributed by atoms with Crippen molar-refractivity contribution in [1.82, 2.24) is 15.6 Å². The lowest BCUT2D eigenvalue weighted by Gasteiger charge is -2.11. The van der Waals surface area contributed by atoms with Gasteiger partial charge in [0.1, 0.15) is 16.5 Å². The summed E-state index contributed by atoms with van der Waals surface area (Å²) < 4.78 is 13.0. The molecular weight excluding hydrogens is 341 g/mol. The van der Waals surface area contributed by atoms with E-state index in [1.807, 2.05) is 0 Å². The molecule has 0 aliphatic heterocycles. The Hall–Kier alpha value is -2.28. The zero-order valence-electron chi connectivity index (χ0n) is 13.8. The fourth-order valence-electron chi connectivity index (χ4n) is 2.85. The Kier molecular flexibility index (Phi) is 5.75. The molecular formula is C18H20FN3O2S. The van der Waals surface area contributed by atoms with Crippen molar-refractivity contribution in [1.29, 1.82) is 0 Å². The van der Waals surface area contributed by atoms with Gasteiger partial charge in [-0.05, 0) is 37.1 Å². The van der Waals surface area contributed by atoms with Crippen molar-refractivity contribution < 1.29 is 14.0 Å². The zero-order chi connectivity index (χ0) is 17.6. The summed E-state index contributed by atoms with van der Waals surface area (Å²) in [5.74, 6) is -0.648. The number of amides is 2. The number of hydrogen-bond acceptors (Lipinski definition) is 4. The van der Waals surface area contributed by atoms with Crippen molar-refractivity contribution in [2.24, 2.45) is 0 Å². The minimum Gasteiger partial charge on any atom is -0.353 e. The predicted molar refractivity (Wildman–Crippen MR) is 94.9 cm³/mol. The fourth-order valence-corrected chi connectivity index (χ4v) is 3.66. The monoisotopic (exact) mass is 361 g/mol. The third kappa shape index (κ3) is 4.85. The summed E-state index contributed by atoms with van der Waals surface area (Å²) in [6.45, 7) is 0.279. The average Bonchev–Trinajstić information content (AvgIpc) is 3.27. The van der Waals surface area contributed by atoms with Crippen LogP contribution >= 0.6 is 11.3 Å². The van der Waals surface area contributed by atoms with E-state index in [9.17, 15) is 14.0 Å². The quantitative estimate of drug-likeness (QED) is 0.830. The lowest BCUT2D eigenvalue weighted by atomic mass is 10.2. The maximum atomic E-state index is 13.0. The highest BCUT2D eigenvalue weighted by Gasteiger charge is 2.17. The van der Waals surface area contributed by atoms with Gasteiger partial charge >= 0.3 is 0 Å². The SMILES string of the molecule is O=C(CCNC(=O)c1csc(-c2ccc(F)cc2)n1)NC1CCCC1. The Morgan fingerprint density at radius 1 is 1.20 bits per heavy atom. The van der Waals surface area contributed by atoms with Crippen LogP contribution in [0, 0.1) is 5.82 Å². The van der Waals surface area contributed by atoms with E-state index >= 15 is 0 Å². The molecule has 0 spiro atoms. The minimum absolute atomic E-state index is 0.0301. The molecule has 0 unspecified atom stereocenters. The molecule has 1 heterocycles. The Morgan fingerprint density at radius 3 is 2.64 bits per heavy atom. The molecule has 2 aromatic rings. The molecule has 1 aromatic carbocycles. The van der Waals surface area contributed by atoms with E-state index in [1.54, 1.807) is 17.5 Å². The van der Waals surface area contributed by atoms with Crippen molar-refractivity contribution in [2.75, 3.05) is 6.54 Å². The highest BCUT2D eigenvalue weighted by atomic mass is 32.1.